The Morgan fingerprint density at radius 1 is 1.36 bits per heavy atom. The molecule has 3 aromatic rings. The van der Waals surface area contributed by atoms with E-state index < -0.39 is 46.6 Å². The highest BCUT2D eigenvalue weighted by atomic mass is 35.5. The van der Waals surface area contributed by atoms with Crippen LogP contribution < -0.4 is 9.46 Å². The predicted octanol–water partition coefficient (Wildman–Crippen LogP) is 3.71. The van der Waals surface area contributed by atoms with E-state index in [0.29, 0.717) is 20.6 Å². The third-order valence-electron chi connectivity index (χ3n) is 3.05. The van der Waals surface area contributed by atoms with E-state index in [1.54, 1.807) is 0 Å². The van der Waals surface area contributed by atoms with Crippen molar-refractivity contribution in [3.05, 3.63) is 34.4 Å². The molecule has 3 aromatic heterocycles. The van der Waals surface area contributed by atoms with Gasteiger partial charge in [-0.1, -0.05) is 11.6 Å². The summed E-state index contributed by atoms with van der Waals surface area (Å²) < 4.78 is 71.5. The molecule has 0 aromatic carbocycles. The lowest BCUT2D eigenvalue weighted by Gasteiger charge is -2.10. The van der Waals surface area contributed by atoms with Gasteiger partial charge in [-0.2, -0.15) is 9.37 Å². The SMILES string of the molecule is O=S(=O)(Nc1cc(F)c(OCCF)nc1F)c1c[nH]c2sc(Cl)cc12. The summed E-state index contributed by atoms with van der Waals surface area (Å²) >= 11 is 6.97. The number of hydrogen-bond acceptors (Lipinski definition) is 5. The molecule has 6 nitrogen and oxygen atoms in total. The summed E-state index contributed by atoms with van der Waals surface area (Å²) in [4.78, 5) is 6.23. The van der Waals surface area contributed by atoms with Gasteiger partial charge in [0.15, 0.2) is 5.82 Å². The van der Waals surface area contributed by atoms with Crippen molar-refractivity contribution in [1.82, 2.24) is 9.97 Å². The number of ether oxygens (including phenoxy) is 1. The smallest absolute Gasteiger partial charge is 0.264 e. The van der Waals surface area contributed by atoms with E-state index in [0.717, 1.165) is 11.3 Å². The Hall–Kier alpha value is -1.98. The number of pyridine rings is 1. The second-order valence-electron chi connectivity index (χ2n) is 4.70. The number of alkyl halides is 1. The molecule has 134 valence electrons. The van der Waals surface area contributed by atoms with Gasteiger partial charge in [0.2, 0.25) is 5.95 Å². The zero-order valence-corrected chi connectivity index (χ0v) is 14.5. The van der Waals surface area contributed by atoms with E-state index in [1.807, 2.05) is 4.72 Å². The van der Waals surface area contributed by atoms with Crippen LogP contribution in [0.2, 0.25) is 4.34 Å². The van der Waals surface area contributed by atoms with Crippen LogP contribution in [0.3, 0.4) is 0 Å². The van der Waals surface area contributed by atoms with Gasteiger partial charge >= 0.3 is 0 Å². The summed E-state index contributed by atoms with van der Waals surface area (Å²) in [5.74, 6) is -3.20. The van der Waals surface area contributed by atoms with Crippen LogP contribution in [-0.2, 0) is 10.0 Å². The lowest BCUT2D eigenvalue weighted by molar-refractivity contribution is 0.249. The molecule has 0 aliphatic heterocycles. The number of aromatic amines is 1. The first kappa shape index (κ1) is 17.8. The Morgan fingerprint density at radius 3 is 2.84 bits per heavy atom. The van der Waals surface area contributed by atoms with Crippen LogP contribution in [0.25, 0.3) is 10.2 Å². The lowest BCUT2D eigenvalue weighted by atomic mass is 10.4. The Morgan fingerprint density at radius 2 is 2.12 bits per heavy atom. The quantitative estimate of drug-likeness (QED) is 0.606. The van der Waals surface area contributed by atoms with E-state index in [9.17, 15) is 21.6 Å². The van der Waals surface area contributed by atoms with Gasteiger partial charge in [-0.3, -0.25) is 4.72 Å². The number of anilines is 1. The minimum absolute atomic E-state index is 0.178. The standard InChI is InChI=1S/C13H9ClF3N3O3S2/c14-10-3-6-9(5-18-13(6)24-10)25(21,22)20-8-4-7(16)12(19-11(8)17)23-2-1-15/h3-5,18,20H,1-2H2. The number of rotatable bonds is 6. The van der Waals surface area contributed by atoms with Gasteiger partial charge in [0, 0.05) is 17.6 Å². The van der Waals surface area contributed by atoms with Gasteiger partial charge in [-0.15, -0.1) is 11.3 Å². The van der Waals surface area contributed by atoms with Gasteiger partial charge in [-0.25, -0.2) is 17.2 Å². The minimum atomic E-state index is -4.23. The Bertz CT molecular complexity index is 1040. The summed E-state index contributed by atoms with van der Waals surface area (Å²) in [6.45, 7) is -1.42. The number of hydrogen-bond donors (Lipinski definition) is 2. The molecule has 3 rings (SSSR count). The number of fused-ring (bicyclic) bond motifs is 1. The minimum Gasteiger partial charge on any atom is -0.473 e. The molecule has 0 radical (unpaired) electrons. The Kier molecular flexibility index (Phi) is 4.80. The molecular formula is C13H9ClF3N3O3S2. The van der Waals surface area contributed by atoms with Gasteiger partial charge < -0.3 is 9.72 Å². The molecule has 25 heavy (non-hydrogen) atoms. The molecule has 0 spiro atoms. The van der Waals surface area contributed by atoms with Crippen LogP contribution in [0.15, 0.2) is 23.2 Å². The second-order valence-corrected chi connectivity index (χ2v) is 8.04. The van der Waals surface area contributed by atoms with Gasteiger partial charge in [0.1, 0.15) is 28.7 Å². The molecule has 0 aliphatic carbocycles. The van der Waals surface area contributed by atoms with E-state index in [4.69, 9.17) is 11.6 Å². The molecule has 0 saturated carbocycles. The summed E-state index contributed by atoms with van der Waals surface area (Å²) in [6, 6.07) is 2.01. The number of sulfonamides is 1. The fraction of sp³-hybridized carbons (Fsp3) is 0.154. The monoisotopic (exact) mass is 411 g/mol. The molecule has 2 N–H and O–H groups in total. The van der Waals surface area contributed by atoms with Crippen molar-refractivity contribution in [2.45, 2.75) is 4.90 Å². The number of thiophene rings is 1. The highest BCUT2D eigenvalue weighted by Crippen LogP contribution is 2.34. The van der Waals surface area contributed by atoms with Crippen LogP contribution in [0.4, 0.5) is 18.9 Å². The van der Waals surface area contributed by atoms with Crippen molar-refractivity contribution in [2.75, 3.05) is 18.0 Å². The average Bonchev–Trinajstić information content (AvgIpc) is 3.07. The zero-order valence-electron chi connectivity index (χ0n) is 12.1. The molecule has 0 atom stereocenters. The van der Waals surface area contributed by atoms with Crippen molar-refractivity contribution in [2.24, 2.45) is 0 Å². The Balaban J connectivity index is 1.94. The largest absolute Gasteiger partial charge is 0.473 e. The molecule has 0 amide bonds. The molecule has 12 heteroatoms. The Labute approximate surface area is 148 Å². The molecule has 0 bridgehead atoms. The van der Waals surface area contributed by atoms with Crippen molar-refractivity contribution in [3.8, 4) is 5.88 Å². The number of nitrogens with one attached hydrogen (secondary N) is 2. The summed E-state index contributed by atoms with van der Waals surface area (Å²) in [5, 5.41) is 0.319. The van der Waals surface area contributed by atoms with E-state index in [-0.39, 0.29) is 4.90 Å². The molecule has 0 fully saturated rings. The van der Waals surface area contributed by atoms with Crippen LogP contribution in [-0.4, -0.2) is 31.7 Å². The van der Waals surface area contributed by atoms with Gasteiger partial charge in [0.25, 0.3) is 15.9 Å². The molecular weight excluding hydrogens is 403 g/mol. The maximum atomic E-state index is 13.9. The predicted molar refractivity (Wildman–Crippen MR) is 87.6 cm³/mol. The first-order valence-electron chi connectivity index (χ1n) is 6.66. The number of H-pyrrole nitrogens is 1. The third-order valence-corrected chi connectivity index (χ3v) is 5.65. The fourth-order valence-electron chi connectivity index (χ4n) is 2.04. The summed E-state index contributed by atoms with van der Waals surface area (Å²) in [6.07, 6.45) is 1.21. The average molecular weight is 412 g/mol. The van der Waals surface area contributed by atoms with Gasteiger partial charge in [-0.05, 0) is 6.07 Å². The lowest BCUT2D eigenvalue weighted by Crippen LogP contribution is -2.15. The van der Waals surface area contributed by atoms with Gasteiger partial charge in [0.05, 0.1) is 4.34 Å². The molecule has 0 aliphatic rings. The van der Waals surface area contributed by atoms with Crippen LogP contribution in [0.5, 0.6) is 5.88 Å². The zero-order chi connectivity index (χ0) is 18.2. The fourth-order valence-corrected chi connectivity index (χ4v) is 4.42. The van der Waals surface area contributed by atoms with Crippen molar-refractivity contribution >= 4 is 48.9 Å². The van der Waals surface area contributed by atoms with Crippen LogP contribution in [0, 0.1) is 11.8 Å². The maximum absolute atomic E-state index is 13.9. The molecule has 0 saturated heterocycles. The highest BCUT2D eigenvalue weighted by molar-refractivity contribution is 7.93. The summed E-state index contributed by atoms with van der Waals surface area (Å²) in [7, 11) is -4.23. The topological polar surface area (TPSA) is 84.1 Å². The second kappa shape index (κ2) is 6.73. The normalized spacial score (nSPS) is 11.8. The first-order chi connectivity index (χ1) is 11.8. The van der Waals surface area contributed by atoms with Crippen LogP contribution >= 0.6 is 22.9 Å². The highest BCUT2D eigenvalue weighted by Gasteiger charge is 2.23. The maximum Gasteiger partial charge on any atom is 0.264 e. The number of aromatic nitrogens is 2. The van der Waals surface area contributed by atoms with Crippen molar-refractivity contribution in [1.29, 1.82) is 0 Å². The van der Waals surface area contributed by atoms with E-state index in [2.05, 4.69) is 14.7 Å². The first-order valence-corrected chi connectivity index (χ1v) is 9.33. The van der Waals surface area contributed by atoms with E-state index >= 15 is 0 Å². The van der Waals surface area contributed by atoms with E-state index in [1.165, 1.54) is 12.3 Å². The third kappa shape index (κ3) is 3.53. The van der Waals surface area contributed by atoms with Crippen LogP contribution in [0.1, 0.15) is 0 Å². The number of halogens is 4. The number of nitrogens with zero attached hydrogens (tertiary/aromatic N) is 1. The molecule has 3 heterocycles. The van der Waals surface area contributed by atoms with Crippen molar-refractivity contribution in [3.63, 3.8) is 0 Å². The molecule has 0 unspecified atom stereocenters. The summed E-state index contributed by atoms with van der Waals surface area (Å²) in [5.41, 5.74) is -0.708. The van der Waals surface area contributed by atoms with Crippen molar-refractivity contribution < 1.29 is 26.3 Å².